The summed E-state index contributed by atoms with van der Waals surface area (Å²) in [5.74, 6) is 0.0972. The molecule has 0 amide bonds. The molecular formula is C22H26BrN7O. The van der Waals surface area contributed by atoms with Crippen molar-refractivity contribution in [3.05, 3.63) is 56.1 Å². The predicted octanol–water partition coefficient (Wildman–Crippen LogP) is 2.43. The van der Waals surface area contributed by atoms with Crippen LogP contribution in [0.5, 0.6) is 0 Å². The lowest BCUT2D eigenvalue weighted by Gasteiger charge is -2.38. The molecule has 8 nitrogen and oxygen atoms in total. The molecule has 0 radical (unpaired) electrons. The van der Waals surface area contributed by atoms with Gasteiger partial charge in [-0.2, -0.15) is 0 Å². The van der Waals surface area contributed by atoms with Crippen LogP contribution in [0.15, 0.2) is 33.7 Å². The summed E-state index contributed by atoms with van der Waals surface area (Å²) in [6, 6.07) is 6.47. The maximum atomic E-state index is 12.9. The number of rotatable bonds is 3. The monoisotopic (exact) mass is 483 g/mol. The molecule has 0 saturated carbocycles. The largest absolute Gasteiger partial charge is 0.369 e. The molecule has 1 fully saturated rings. The van der Waals surface area contributed by atoms with E-state index in [4.69, 9.17) is 10.4 Å². The van der Waals surface area contributed by atoms with Crippen molar-refractivity contribution in [2.24, 2.45) is 14.1 Å². The maximum Gasteiger partial charge on any atom is 0.282 e. The summed E-state index contributed by atoms with van der Waals surface area (Å²) in [5, 5.41) is 11.9. The Morgan fingerprint density at radius 3 is 2.84 bits per heavy atom. The summed E-state index contributed by atoms with van der Waals surface area (Å²) in [4.78, 5) is 24.8. The highest BCUT2D eigenvalue weighted by molar-refractivity contribution is 9.10. The first kappa shape index (κ1) is 20.4. The maximum absolute atomic E-state index is 12.9. The second-order valence-electron chi connectivity index (χ2n) is 8.68. The van der Waals surface area contributed by atoms with Crippen LogP contribution in [0.2, 0.25) is 0 Å². The van der Waals surface area contributed by atoms with Crippen molar-refractivity contribution in [1.82, 2.24) is 24.0 Å². The summed E-state index contributed by atoms with van der Waals surface area (Å²) in [6.07, 6.45) is 3.85. The number of halogens is 1. The second kappa shape index (κ2) is 7.00. The summed E-state index contributed by atoms with van der Waals surface area (Å²) >= 11 is 3.60. The third kappa shape index (κ3) is 2.69. The van der Waals surface area contributed by atoms with Crippen LogP contribution in [-0.4, -0.2) is 43.8 Å². The highest BCUT2D eigenvalue weighted by Gasteiger charge is 2.57. The minimum Gasteiger partial charge on any atom is -0.369 e. The highest BCUT2D eigenvalue weighted by atomic mass is 79.9. The van der Waals surface area contributed by atoms with Gasteiger partial charge in [0.2, 0.25) is 5.62 Å². The molecule has 0 bridgehead atoms. The van der Waals surface area contributed by atoms with E-state index in [0.29, 0.717) is 11.2 Å². The predicted molar refractivity (Wildman–Crippen MR) is 123 cm³/mol. The van der Waals surface area contributed by atoms with Gasteiger partial charge in [0, 0.05) is 42.1 Å². The van der Waals surface area contributed by atoms with Crippen LogP contribution in [0, 0.1) is 5.41 Å². The van der Waals surface area contributed by atoms with Gasteiger partial charge in [-0.25, -0.2) is 9.97 Å². The van der Waals surface area contributed by atoms with E-state index in [1.54, 1.807) is 24.9 Å². The first-order chi connectivity index (χ1) is 14.8. The molecule has 2 N–H and O–H groups in total. The number of likely N-dealkylation sites (tertiary alicyclic amines) is 1. The minimum atomic E-state index is -0.284. The Morgan fingerprint density at radius 1 is 1.32 bits per heavy atom. The van der Waals surface area contributed by atoms with Crippen LogP contribution >= 0.6 is 15.9 Å². The fourth-order valence-electron chi connectivity index (χ4n) is 5.65. The van der Waals surface area contributed by atoms with E-state index in [1.165, 1.54) is 10.1 Å². The number of aromatic nitrogens is 4. The molecule has 9 heteroatoms. The van der Waals surface area contributed by atoms with Gasteiger partial charge in [-0.05, 0) is 37.6 Å². The SMILES string of the molecule is CCC(c1cnc2c(n1)c(=O)n(C)c(=N)n2C)[C@@]12CCN(C)[C@@H]1Nc1cc(Br)ccc12. The average Bonchev–Trinajstić information content (AvgIpc) is 3.25. The molecule has 1 unspecified atom stereocenters. The molecular weight excluding hydrogens is 458 g/mol. The van der Waals surface area contributed by atoms with Gasteiger partial charge in [-0.1, -0.05) is 28.9 Å². The van der Waals surface area contributed by atoms with E-state index in [9.17, 15) is 4.79 Å². The zero-order valence-electron chi connectivity index (χ0n) is 18.1. The molecule has 2 aliphatic heterocycles. The number of nitrogens with one attached hydrogen (secondary N) is 2. The molecule has 2 aliphatic rings. The highest BCUT2D eigenvalue weighted by Crippen LogP contribution is 2.56. The molecule has 0 spiro atoms. The Labute approximate surface area is 188 Å². The molecule has 4 heterocycles. The smallest absolute Gasteiger partial charge is 0.282 e. The van der Waals surface area contributed by atoms with E-state index in [2.05, 4.69) is 63.3 Å². The lowest BCUT2D eigenvalue weighted by atomic mass is 9.67. The van der Waals surface area contributed by atoms with Gasteiger partial charge < -0.3 is 5.32 Å². The molecule has 3 aromatic rings. The van der Waals surface area contributed by atoms with Gasteiger partial charge in [0.15, 0.2) is 11.2 Å². The van der Waals surface area contributed by atoms with Gasteiger partial charge in [0.25, 0.3) is 5.56 Å². The van der Waals surface area contributed by atoms with E-state index in [1.807, 2.05) is 0 Å². The molecule has 162 valence electrons. The third-order valence-corrected chi connectivity index (χ3v) is 7.69. The lowest BCUT2D eigenvalue weighted by molar-refractivity contribution is 0.247. The van der Waals surface area contributed by atoms with Gasteiger partial charge in [-0.3, -0.25) is 24.2 Å². The van der Waals surface area contributed by atoms with Gasteiger partial charge in [0.05, 0.1) is 18.1 Å². The van der Waals surface area contributed by atoms with Crippen molar-refractivity contribution in [3.63, 3.8) is 0 Å². The molecule has 3 atom stereocenters. The summed E-state index contributed by atoms with van der Waals surface area (Å²) in [7, 11) is 5.50. The molecule has 1 saturated heterocycles. The molecule has 31 heavy (non-hydrogen) atoms. The topological polar surface area (TPSA) is 91.8 Å². The van der Waals surface area contributed by atoms with Crippen molar-refractivity contribution in [2.75, 3.05) is 18.9 Å². The van der Waals surface area contributed by atoms with Crippen molar-refractivity contribution in [3.8, 4) is 0 Å². The molecule has 5 rings (SSSR count). The van der Waals surface area contributed by atoms with Crippen LogP contribution in [0.25, 0.3) is 11.2 Å². The Balaban J connectivity index is 1.74. The number of fused-ring (bicyclic) bond motifs is 4. The number of nitrogens with zero attached hydrogens (tertiary/aromatic N) is 5. The van der Waals surface area contributed by atoms with Gasteiger partial charge in [0.1, 0.15) is 0 Å². The van der Waals surface area contributed by atoms with Crippen molar-refractivity contribution < 1.29 is 0 Å². The van der Waals surface area contributed by atoms with Gasteiger partial charge >= 0.3 is 0 Å². The third-order valence-electron chi connectivity index (χ3n) is 7.20. The van der Waals surface area contributed by atoms with Crippen molar-refractivity contribution >= 4 is 32.8 Å². The van der Waals surface area contributed by atoms with E-state index in [-0.39, 0.29) is 28.7 Å². The quantitative estimate of drug-likeness (QED) is 0.596. The average molecular weight is 484 g/mol. The first-order valence-electron chi connectivity index (χ1n) is 10.5. The molecule has 1 aromatic carbocycles. The standard InChI is InChI=1S/C22H26BrN7O/c1-5-13(16-11-25-18-17(26-16)19(31)30(4)21(24)29(18)3)22-8-9-28(2)20(22)27-15-10-12(23)6-7-14(15)22/h6-7,10-11,13,20,24,27H,5,8-9H2,1-4H3/t13?,20-,22+/m0/s1. The van der Waals surface area contributed by atoms with Crippen LogP contribution in [0.3, 0.4) is 0 Å². The van der Waals surface area contributed by atoms with Crippen LogP contribution < -0.4 is 16.5 Å². The zero-order chi connectivity index (χ0) is 22.1. The van der Waals surface area contributed by atoms with Crippen molar-refractivity contribution in [1.29, 1.82) is 5.41 Å². The Morgan fingerprint density at radius 2 is 2.10 bits per heavy atom. The number of hydrogen-bond acceptors (Lipinski definition) is 6. The van der Waals surface area contributed by atoms with Crippen LogP contribution in [-0.2, 0) is 19.5 Å². The number of hydrogen-bond donors (Lipinski definition) is 2. The summed E-state index contributed by atoms with van der Waals surface area (Å²) in [5.41, 5.74) is 3.72. The number of aryl methyl sites for hydroxylation is 1. The fourth-order valence-corrected chi connectivity index (χ4v) is 6.01. The minimum absolute atomic E-state index is 0.0972. The Kier molecular flexibility index (Phi) is 4.60. The second-order valence-corrected chi connectivity index (χ2v) is 9.60. The van der Waals surface area contributed by atoms with Crippen LogP contribution in [0.1, 0.15) is 36.9 Å². The number of benzene rings is 1. The zero-order valence-corrected chi connectivity index (χ0v) is 19.7. The first-order valence-corrected chi connectivity index (χ1v) is 11.3. The van der Waals surface area contributed by atoms with E-state index < -0.39 is 0 Å². The van der Waals surface area contributed by atoms with Crippen LogP contribution in [0.4, 0.5) is 5.69 Å². The van der Waals surface area contributed by atoms with E-state index in [0.717, 1.165) is 35.2 Å². The molecule has 0 aliphatic carbocycles. The Bertz CT molecular complexity index is 1330. The van der Waals surface area contributed by atoms with Crippen molar-refractivity contribution in [2.45, 2.75) is 37.3 Å². The normalized spacial score (nSPS) is 23.6. The number of anilines is 1. The molecule has 2 aromatic heterocycles. The summed E-state index contributed by atoms with van der Waals surface area (Å²) in [6.45, 7) is 3.17. The lowest BCUT2D eigenvalue weighted by Crippen LogP contribution is -2.45. The van der Waals surface area contributed by atoms with Gasteiger partial charge in [-0.15, -0.1) is 0 Å². The van der Waals surface area contributed by atoms with E-state index >= 15 is 0 Å². The fraction of sp³-hybridized carbons (Fsp3) is 0.455. The summed E-state index contributed by atoms with van der Waals surface area (Å²) < 4.78 is 3.97. The Hall–Kier alpha value is -2.52. The number of likely N-dealkylation sites (N-methyl/N-ethyl adjacent to an activating group) is 1.